The first-order chi connectivity index (χ1) is 31.3. The number of hydrogen-bond donors (Lipinski definition) is 5. The average Bonchev–Trinajstić information content (AvgIpc) is 3.74. The van der Waals surface area contributed by atoms with E-state index in [0.29, 0.717) is 74.8 Å². The number of carbonyl (C=O) groups is 5. The van der Waals surface area contributed by atoms with Crippen LogP contribution in [0.4, 0.5) is 15.3 Å². The molecule has 2 aliphatic rings. The van der Waals surface area contributed by atoms with Crippen molar-refractivity contribution in [3.05, 3.63) is 89.2 Å². The van der Waals surface area contributed by atoms with Gasteiger partial charge in [-0.15, -0.1) is 10.2 Å². The van der Waals surface area contributed by atoms with E-state index in [2.05, 4.69) is 36.4 Å². The van der Waals surface area contributed by atoms with Crippen molar-refractivity contribution >= 4 is 35.6 Å². The molecule has 3 aromatic carbocycles. The van der Waals surface area contributed by atoms with Crippen LogP contribution in [0.15, 0.2) is 66.7 Å². The molecule has 6 rings (SSSR count). The molecule has 2 heterocycles. The second kappa shape index (κ2) is 21.8. The van der Waals surface area contributed by atoms with Crippen LogP contribution in [0.3, 0.4) is 0 Å². The van der Waals surface area contributed by atoms with Crippen LogP contribution >= 0.6 is 0 Å². The van der Waals surface area contributed by atoms with Crippen LogP contribution in [0.2, 0.25) is 0 Å². The Labute approximate surface area is 387 Å². The third-order valence-corrected chi connectivity index (χ3v) is 11.7. The summed E-state index contributed by atoms with van der Waals surface area (Å²) in [6, 6.07) is 19.8. The number of amides is 5. The molecule has 0 unspecified atom stereocenters. The van der Waals surface area contributed by atoms with Crippen LogP contribution in [-0.4, -0.2) is 100 Å². The number of likely N-dealkylation sites (tertiary alicyclic amines) is 1. The number of carbonyl (C=O) groups excluding carboxylic acids is 5. The summed E-state index contributed by atoms with van der Waals surface area (Å²) in [5.41, 5.74) is 4.45. The monoisotopic (exact) mass is 907 g/mol. The first kappa shape index (κ1) is 49.2. The Kier molecular flexibility index (Phi) is 16.2. The van der Waals surface area contributed by atoms with Crippen molar-refractivity contribution in [3.8, 4) is 22.5 Å². The Morgan fingerprint density at radius 3 is 2.08 bits per heavy atom. The van der Waals surface area contributed by atoms with E-state index < -0.39 is 23.3 Å². The van der Waals surface area contributed by atoms with Gasteiger partial charge in [-0.1, -0.05) is 30.3 Å². The molecule has 5 N–H and O–H groups in total. The number of aryl methyl sites for hydroxylation is 1. The number of ether oxygens (including phenoxy) is 3. The van der Waals surface area contributed by atoms with Crippen LogP contribution in [-0.2, 0) is 36.8 Å². The number of nitrogens with one attached hydrogen (secondary N) is 5. The number of aromatic nitrogens is 3. The minimum Gasteiger partial charge on any atom is -0.444 e. The summed E-state index contributed by atoms with van der Waals surface area (Å²) in [7, 11) is 1.58. The molecule has 1 saturated heterocycles. The highest BCUT2D eigenvalue weighted by Gasteiger charge is 2.31. The van der Waals surface area contributed by atoms with E-state index >= 15 is 0 Å². The lowest BCUT2D eigenvalue weighted by Crippen LogP contribution is -2.48. The Morgan fingerprint density at radius 1 is 0.803 bits per heavy atom. The molecule has 1 aliphatic heterocycles. The highest BCUT2D eigenvalue weighted by atomic mass is 16.6. The van der Waals surface area contributed by atoms with Crippen molar-refractivity contribution in [2.75, 3.05) is 32.1 Å². The minimum absolute atomic E-state index is 0.0462. The second-order valence-corrected chi connectivity index (χ2v) is 19.4. The van der Waals surface area contributed by atoms with Crippen molar-refractivity contribution in [2.45, 2.75) is 123 Å². The van der Waals surface area contributed by atoms with E-state index in [1.807, 2.05) is 103 Å². The maximum atomic E-state index is 14.0. The van der Waals surface area contributed by atoms with E-state index in [1.54, 1.807) is 24.1 Å². The molecule has 66 heavy (non-hydrogen) atoms. The number of methoxy groups -OCH3 is 1. The van der Waals surface area contributed by atoms with Gasteiger partial charge in [-0.05, 0) is 152 Å². The molecule has 1 aromatic heterocycles. The molecular weight excluding hydrogens is 841 g/mol. The number of anilines is 1. The van der Waals surface area contributed by atoms with Crippen LogP contribution in [0.5, 0.6) is 0 Å². The molecule has 16 heteroatoms. The molecule has 0 bridgehead atoms. The van der Waals surface area contributed by atoms with Crippen molar-refractivity contribution in [3.63, 3.8) is 0 Å². The number of aromatic amines is 1. The predicted octanol–water partition coefficient (Wildman–Crippen LogP) is 7.72. The number of alkyl carbamates (subject to hydrolysis) is 1. The molecule has 4 aromatic rings. The van der Waals surface area contributed by atoms with Crippen molar-refractivity contribution in [1.82, 2.24) is 36.0 Å². The molecule has 1 atom stereocenters. The number of H-pyrrole nitrogens is 1. The third kappa shape index (κ3) is 14.4. The summed E-state index contributed by atoms with van der Waals surface area (Å²) >= 11 is 0. The number of rotatable bonds is 14. The Morgan fingerprint density at radius 2 is 1.45 bits per heavy atom. The van der Waals surface area contributed by atoms with E-state index in [0.717, 1.165) is 40.7 Å². The Balaban J connectivity index is 1.08. The summed E-state index contributed by atoms with van der Waals surface area (Å²) in [5.74, 6) is 0.445. The molecule has 0 radical (unpaired) electrons. The first-order valence-electron chi connectivity index (χ1n) is 22.9. The van der Waals surface area contributed by atoms with Crippen molar-refractivity contribution < 1.29 is 38.2 Å². The van der Waals surface area contributed by atoms with Gasteiger partial charge in [0.15, 0.2) is 11.6 Å². The molecule has 16 nitrogen and oxygen atoms in total. The summed E-state index contributed by atoms with van der Waals surface area (Å²) in [4.78, 5) is 70.7. The maximum Gasteiger partial charge on any atom is 0.410 e. The second-order valence-electron chi connectivity index (χ2n) is 19.4. The van der Waals surface area contributed by atoms with Crippen LogP contribution in [0.25, 0.3) is 22.5 Å². The van der Waals surface area contributed by atoms with Crippen LogP contribution < -0.4 is 21.3 Å². The SMILES string of the molecule is COCc1nnc(-c2ccc(NC(=O)[C@H](Cc3ccc(-c4ccc(C(=O)NC5CCN(C(=O)OC(C)(C)C)CC5)cc4C)cc3)NC(=O)C3CCC(CNC(=O)OC(C)(C)C)CC3)cc2)[nH]1. The smallest absolute Gasteiger partial charge is 0.410 e. The third-order valence-electron chi connectivity index (χ3n) is 11.7. The molecule has 5 amide bonds. The van der Waals surface area contributed by atoms with Gasteiger partial charge in [0.1, 0.15) is 23.9 Å². The quantitative estimate of drug-likeness (QED) is 0.0833. The largest absolute Gasteiger partial charge is 0.444 e. The summed E-state index contributed by atoms with van der Waals surface area (Å²) in [5, 5.41) is 20.3. The normalized spacial score (nSPS) is 17.3. The van der Waals surface area contributed by atoms with Gasteiger partial charge in [0.25, 0.3) is 5.91 Å². The highest BCUT2D eigenvalue weighted by molar-refractivity contribution is 5.98. The lowest BCUT2D eigenvalue weighted by atomic mass is 9.81. The van der Waals surface area contributed by atoms with Gasteiger partial charge < -0.3 is 45.4 Å². The van der Waals surface area contributed by atoms with Gasteiger partial charge in [-0.25, -0.2) is 9.59 Å². The zero-order valence-electron chi connectivity index (χ0n) is 39.5. The van der Waals surface area contributed by atoms with E-state index in [9.17, 15) is 24.0 Å². The fourth-order valence-corrected chi connectivity index (χ4v) is 8.23. The van der Waals surface area contributed by atoms with Crippen LogP contribution in [0, 0.1) is 18.8 Å². The standard InChI is InChI=1S/C50H66N8O8/c1-31-27-37(45(60)52-39-23-25-58(26-24-39)48(63)66-50(5,6)7)19-22-40(31)34-13-9-32(10-14-34)28-41(46(61)53-38-20-17-35(18-21-38)43-55-42(30-64-8)56-57-43)54-44(59)36-15-11-33(12-16-36)29-51-47(62)65-49(2,3)4/h9-10,13-14,17-22,27,33,36,39,41H,11-12,15-16,23-26,28-30H2,1-8H3,(H,51,62)(H,52,60)(H,53,61)(H,54,59)(H,55,56,57)/t33?,36?,41-/m0/s1. The lowest BCUT2D eigenvalue weighted by molar-refractivity contribution is -0.130. The Hall–Kier alpha value is -6.29. The van der Waals surface area contributed by atoms with Crippen LogP contribution in [0.1, 0.15) is 107 Å². The van der Waals surface area contributed by atoms with E-state index in [1.165, 1.54) is 0 Å². The maximum absolute atomic E-state index is 14.0. The molecule has 0 spiro atoms. The average molecular weight is 907 g/mol. The molecular formula is C50H66N8O8. The number of benzene rings is 3. The van der Waals surface area contributed by atoms with Gasteiger partial charge in [-0.2, -0.15) is 0 Å². The van der Waals surface area contributed by atoms with E-state index in [4.69, 9.17) is 14.2 Å². The predicted molar refractivity (Wildman–Crippen MR) is 251 cm³/mol. The van der Waals surface area contributed by atoms with Gasteiger partial charge in [-0.3, -0.25) is 14.4 Å². The van der Waals surface area contributed by atoms with Gasteiger partial charge >= 0.3 is 12.2 Å². The molecule has 1 saturated carbocycles. The number of nitrogens with zero attached hydrogens (tertiary/aromatic N) is 3. The summed E-state index contributed by atoms with van der Waals surface area (Å²) in [6.45, 7) is 14.8. The zero-order chi connectivity index (χ0) is 47.6. The number of hydrogen-bond acceptors (Lipinski definition) is 10. The molecule has 2 fully saturated rings. The Bertz CT molecular complexity index is 2300. The highest BCUT2D eigenvalue weighted by Crippen LogP contribution is 2.30. The van der Waals surface area contributed by atoms with Crippen molar-refractivity contribution in [1.29, 1.82) is 0 Å². The first-order valence-corrected chi connectivity index (χ1v) is 22.9. The fourth-order valence-electron chi connectivity index (χ4n) is 8.23. The topological polar surface area (TPSA) is 206 Å². The lowest BCUT2D eigenvalue weighted by Gasteiger charge is -2.33. The van der Waals surface area contributed by atoms with Gasteiger partial charge in [0.05, 0.1) is 0 Å². The summed E-state index contributed by atoms with van der Waals surface area (Å²) < 4.78 is 16.0. The fraction of sp³-hybridized carbons (Fsp3) is 0.500. The number of piperidine rings is 1. The minimum atomic E-state index is -0.871. The molecule has 1 aliphatic carbocycles. The van der Waals surface area contributed by atoms with Gasteiger partial charge in [0.2, 0.25) is 11.8 Å². The van der Waals surface area contributed by atoms with Gasteiger partial charge in [0, 0.05) is 61.9 Å². The zero-order valence-corrected chi connectivity index (χ0v) is 39.5. The molecule has 354 valence electrons. The summed E-state index contributed by atoms with van der Waals surface area (Å²) in [6.07, 6.45) is 3.56. The van der Waals surface area contributed by atoms with E-state index in [-0.39, 0.29) is 48.1 Å². The van der Waals surface area contributed by atoms with Crippen molar-refractivity contribution in [2.24, 2.45) is 11.8 Å².